The third kappa shape index (κ3) is 7.14. The number of hydrogen-bond donors (Lipinski definition) is 4. The number of carbonyl (C=O) groups excluding carboxylic acids is 2. The molecule has 1 aromatic heterocycles. The summed E-state index contributed by atoms with van der Waals surface area (Å²) < 4.78 is 12.0. The van der Waals surface area contributed by atoms with Crippen LogP contribution < -0.4 is 5.43 Å². The van der Waals surface area contributed by atoms with Crippen molar-refractivity contribution in [2.75, 3.05) is 0 Å². The first-order chi connectivity index (χ1) is 22.0. The van der Waals surface area contributed by atoms with Crippen molar-refractivity contribution in [1.82, 2.24) is 0 Å². The molecule has 0 fully saturated rings. The Morgan fingerprint density at radius 2 is 1.55 bits per heavy atom. The molecular formula is C38H44O9. The van der Waals surface area contributed by atoms with Crippen molar-refractivity contribution in [3.63, 3.8) is 0 Å². The molecule has 0 radical (unpaired) electrons. The molecular weight excluding hydrogens is 600 g/mol. The Labute approximate surface area is 274 Å². The quantitative estimate of drug-likeness (QED) is 0.0702. The zero-order valence-electron chi connectivity index (χ0n) is 28.1. The molecule has 2 atom stereocenters. The van der Waals surface area contributed by atoms with Crippen LogP contribution in [0.15, 0.2) is 91.6 Å². The van der Waals surface area contributed by atoms with Gasteiger partial charge in [0.2, 0.25) is 11.2 Å². The minimum atomic E-state index is -1.73. The number of aliphatic hydroxyl groups excluding tert-OH is 1. The molecule has 0 saturated heterocycles. The number of carbonyl (C=O) groups is 2. The number of ether oxygens (including phenoxy) is 1. The standard InChI is InChI=1S/C38H44O9/c1-21(2)9-8-10-23(5)14-17-38(16-13-22(3)4)35(44)29-25(33-32(43)27(40)15-18-46-33)20-37(6,7)47-34(29)30(36(38)45)31(42)24-11-12-26(39)28(41)19-24/h9,11-15,18-19,25,39,41-43H,8,10,16-17,20H2,1-7H3/b23-14+,31-30-/t25-,38+/m1/s1. The highest BCUT2D eigenvalue weighted by Crippen LogP contribution is 2.54. The zero-order valence-corrected chi connectivity index (χ0v) is 28.1. The van der Waals surface area contributed by atoms with Crippen molar-refractivity contribution in [3.8, 4) is 17.2 Å². The fourth-order valence-electron chi connectivity index (χ4n) is 6.07. The maximum absolute atomic E-state index is 15.0. The van der Waals surface area contributed by atoms with Gasteiger partial charge in [-0.3, -0.25) is 14.4 Å². The molecule has 47 heavy (non-hydrogen) atoms. The van der Waals surface area contributed by atoms with Gasteiger partial charge in [0, 0.05) is 18.1 Å². The lowest BCUT2D eigenvalue weighted by Crippen LogP contribution is -2.50. The van der Waals surface area contributed by atoms with Gasteiger partial charge in [0.05, 0.1) is 17.8 Å². The van der Waals surface area contributed by atoms with E-state index in [4.69, 9.17) is 9.15 Å². The number of phenols is 2. The fourth-order valence-corrected chi connectivity index (χ4v) is 6.07. The van der Waals surface area contributed by atoms with Crippen LogP contribution in [0, 0.1) is 5.41 Å². The van der Waals surface area contributed by atoms with E-state index < -0.39 is 56.9 Å². The molecule has 0 saturated carbocycles. The third-order valence-corrected chi connectivity index (χ3v) is 8.67. The van der Waals surface area contributed by atoms with Gasteiger partial charge in [-0.25, -0.2) is 0 Å². The molecule has 250 valence electrons. The van der Waals surface area contributed by atoms with Gasteiger partial charge >= 0.3 is 0 Å². The van der Waals surface area contributed by atoms with Gasteiger partial charge in [-0.2, -0.15) is 0 Å². The topological polar surface area (TPSA) is 154 Å². The highest BCUT2D eigenvalue weighted by Gasteiger charge is 2.57. The molecule has 1 aliphatic carbocycles. The third-order valence-electron chi connectivity index (χ3n) is 8.67. The van der Waals surface area contributed by atoms with Crippen LogP contribution in [0.2, 0.25) is 0 Å². The van der Waals surface area contributed by atoms with Crippen LogP contribution in [0.25, 0.3) is 5.76 Å². The maximum Gasteiger partial charge on any atom is 0.226 e. The van der Waals surface area contributed by atoms with E-state index in [2.05, 4.69) is 6.08 Å². The molecule has 4 N–H and O–H groups in total. The van der Waals surface area contributed by atoms with Crippen molar-refractivity contribution in [2.45, 2.75) is 92.1 Å². The van der Waals surface area contributed by atoms with Gasteiger partial charge < -0.3 is 29.6 Å². The highest BCUT2D eigenvalue weighted by atomic mass is 16.5. The van der Waals surface area contributed by atoms with E-state index in [0.717, 1.165) is 36.0 Å². The number of hydrogen-bond acceptors (Lipinski definition) is 9. The van der Waals surface area contributed by atoms with E-state index in [-0.39, 0.29) is 47.5 Å². The van der Waals surface area contributed by atoms with Crippen LogP contribution in [-0.4, -0.2) is 37.6 Å². The van der Waals surface area contributed by atoms with E-state index in [1.165, 1.54) is 17.7 Å². The summed E-state index contributed by atoms with van der Waals surface area (Å²) in [5.41, 5.74) is -0.721. The molecule has 2 aliphatic rings. The Hall–Kier alpha value is -4.79. The molecule has 1 aliphatic heterocycles. The number of ketones is 2. The van der Waals surface area contributed by atoms with E-state index in [0.29, 0.717) is 6.42 Å². The summed E-state index contributed by atoms with van der Waals surface area (Å²) in [7, 11) is 0. The minimum Gasteiger partial charge on any atom is -0.506 e. The Bertz CT molecular complexity index is 1800. The minimum absolute atomic E-state index is 0.0000279. The first-order valence-corrected chi connectivity index (χ1v) is 15.7. The van der Waals surface area contributed by atoms with Gasteiger partial charge in [-0.15, -0.1) is 0 Å². The normalized spacial score (nSPS) is 21.9. The van der Waals surface area contributed by atoms with Crippen LogP contribution in [0.3, 0.4) is 0 Å². The Morgan fingerprint density at radius 1 is 0.894 bits per heavy atom. The van der Waals surface area contributed by atoms with Crippen LogP contribution >= 0.6 is 0 Å². The van der Waals surface area contributed by atoms with Crippen molar-refractivity contribution in [1.29, 1.82) is 0 Å². The van der Waals surface area contributed by atoms with Gasteiger partial charge in [-0.05, 0) is 92.3 Å². The molecule has 9 heteroatoms. The number of benzene rings is 1. The lowest BCUT2D eigenvalue weighted by molar-refractivity contribution is -0.139. The molecule has 0 bridgehead atoms. The number of Topliss-reactive ketones (excluding diaryl/α,β-unsaturated/α-hetero) is 2. The summed E-state index contributed by atoms with van der Waals surface area (Å²) in [6.45, 7) is 13.1. The zero-order chi connectivity index (χ0) is 34.8. The average Bonchev–Trinajstić information content (AvgIpc) is 2.98. The second-order valence-corrected chi connectivity index (χ2v) is 13.6. The summed E-state index contributed by atoms with van der Waals surface area (Å²) in [6, 6.07) is 4.69. The lowest BCUT2D eigenvalue weighted by Gasteiger charge is -2.45. The summed E-state index contributed by atoms with van der Waals surface area (Å²) in [5, 5.41) is 42.9. The van der Waals surface area contributed by atoms with Crippen molar-refractivity contribution < 1.29 is 39.2 Å². The first-order valence-electron chi connectivity index (χ1n) is 15.7. The van der Waals surface area contributed by atoms with E-state index in [1.54, 1.807) is 19.9 Å². The highest BCUT2D eigenvalue weighted by molar-refractivity contribution is 6.27. The maximum atomic E-state index is 15.0. The Balaban J connectivity index is 2.08. The number of rotatable bonds is 9. The van der Waals surface area contributed by atoms with Gasteiger partial charge in [0.25, 0.3) is 0 Å². The molecule has 0 amide bonds. The van der Waals surface area contributed by atoms with E-state index in [1.807, 2.05) is 40.7 Å². The van der Waals surface area contributed by atoms with Crippen molar-refractivity contribution in [2.24, 2.45) is 5.41 Å². The second-order valence-electron chi connectivity index (χ2n) is 13.6. The number of aliphatic hydroxyl groups is 1. The SMILES string of the molecule is CC(C)=CCC/C(C)=C/C[C@@]1(CC=C(C)C)C(=O)C2=C(OC(C)(C)C[C@H]2c2occc(=O)c2O)/C(=C(/O)c2ccc(O)c(O)c2)C1=O. The predicted octanol–water partition coefficient (Wildman–Crippen LogP) is 7.84. The number of phenolic OH excluding ortho intramolecular Hbond substituents is 2. The molecule has 4 rings (SSSR count). The number of allylic oxidation sites excluding steroid dienone is 8. The molecule has 1 aromatic carbocycles. The lowest BCUT2D eigenvalue weighted by atomic mass is 9.61. The molecule has 0 spiro atoms. The number of aromatic hydroxyl groups is 3. The van der Waals surface area contributed by atoms with Crippen molar-refractivity contribution in [3.05, 3.63) is 104 Å². The summed E-state index contributed by atoms with van der Waals surface area (Å²) in [4.78, 5) is 42.5. The fraction of sp³-hybridized carbons (Fsp3) is 0.395. The predicted molar refractivity (Wildman–Crippen MR) is 179 cm³/mol. The van der Waals surface area contributed by atoms with Crippen LogP contribution in [0.5, 0.6) is 17.2 Å². The molecule has 2 aromatic rings. The van der Waals surface area contributed by atoms with Gasteiger partial charge in [-0.1, -0.05) is 34.9 Å². The van der Waals surface area contributed by atoms with Crippen molar-refractivity contribution >= 4 is 17.3 Å². The Morgan fingerprint density at radius 3 is 2.19 bits per heavy atom. The second kappa shape index (κ2) is 13.5. The monoisotopic (exact) mass is 644 g/mol. The summed E-state index contributed by atoms with van der Waals surface area (Å²) >= 11 is 0. The summed E-state index contributed by atoms with van der Waals surface area (Å²) in [5.74, 6) is -4.73. The Kier molecular flexibility index (Phi) is 10.1. The molecule has 2 heterocycles. The molecule has 9 nitrogen and oxygen atoms in total. The average molecular weight is 645 g/mol. The van der Waals surface area contributed by atoms with Crippen LogP contribution in [-0.2, 0) is 14.3 Å². The molecule has 0 unspecified atom stereocenters. The first kappa shape index (κ1) is 35.1. The van der Waals surface area contributed by atoms with E-state index >= 15 is 4.79 Å². The van der Waals surface area contributed by atoms with Gasteiger partial charge in [0.1, 0.15) is 28.1 Å². The van der Waals surface area contributed by atoms with Crippen LogP contribution in [0.4, 0.5) is 0 Å². The largest absolute Gasteiger partial charge is 0.506 e. The van der Waals surface area contributed by atoms with Crippen LogP contribution in [0.1, 0.15) is 97.8 Å². The van der Waals surface area contributed by atoms with Gasteiger partial charge in [0.15, 0.2) is 28.8 Å². The smallest absolute Gasteiger partial charge is 0.226 e. The summed E-state index contributed by atoms with van der Waals surface area (Å²) in [6.07, 6.45) is 8.55. The van der Waals surface area contributed by atoms with E-state index in [9.17, 15) is 30.0 Å².